The predicted octanol–water partition coefficient (Wildman–Crippen LogP) is 1.65. The van der Waals surface area contributed by atoms with Gasteiger partial charge in [-0.1, -0.05) is 11.8 Å². The van der Waals surface area contributed by atoms with E-state index in [1.165, 1.54) is 6.07 Å². The molecule has 0 amide bonds. The number of nitrogens with zero attached hydrogens (tertiary/aromatic N) is 2. The zero-order valence-corrected chi connectivity index (χ0v) is 13.0. The van der Waals surface area contributed by atoms with Crippen molar-refractivity contribution in [2.24, 2.45) is 0 Å². The van der Waals surface area contributed by atoms with Crippen LogP contribution in [0.5, 0.6) is 0 Å². The Morgan fingerprint density at radius 2 is 2.26 bits per heavy atom. The Kier molecular flexibility index (Phi) is 3.84. The molecule has 120 valence electrons. The topological polar surface area (TPSA) is 84.6 Å². The van der Waals surface area contributed by atoms with Crippen LogP contribution in [0.4, 0.5) is 0 Å². The molecule has 1 aromatic carbocycles. The van der Waals surface area contributed by atoms with E-state index in [9.17, 15) is 15.0 Å². The Balaban J connectivity index is 2.10. The lowest BCUT2D eigenvalue weighted by molar-refractivity contribution is -0.0586. The van der Waals surface area contributed by atoms with Crippen LogP contribution in [0.1, 0.15) is 36.2 Å². The molecule has 1 saturated heterocycles. The molecule has 6 nitrogen and oxygen atoms in total. The van der Waals surface area contributed by atoms with Gasteiger partial charge in [0.2, 0.25) is 0 Å². The summed E-state index contributed by atoms with van der Waals surface area (Å²) in [5.74, 6) is 4.53. The molecule has 1 aliphatic heterocycles. The molecular weight excluding hydrogens is 296 g/mol. The highest BCUT2D eigenvalue weighted by Gasteiger charge is 2.20. The monoisotopic (exact) mass is 314 g/mol. The van der Waals surface area contributed by atoms with E-state index in [4.69, 9.17) is 4.74 Å². The van der Waals surface area contributed by atoms with Gasteiger partial charge in [0.25, 0.3) is 0 Å². The predicted molar refractivity (Wildman–Crippen MR) is 84.2 cm³/mol. The fourth-order valence-corrected chi connectivity index (χ4v) is 2.40. The van der Waals surface area contributed by atoms with Crippen LogP contribution in [-0.2, 0) is 11.3 Å². The van der Waals surface area contributed by atoms with Gasteiger partial charge >= 0.3 is 5.97 Å². The number of aliphatic hydroxyl groups is 1. The van der Waals surface area contributed by atoms with Crippen LogP contribution in [0.2, 0.25) is 0 Å². The minimum Gasteiger partial charge on any atom is -0.478 e. The van der Waals surface area contributed by atoms with E-state index >= 15 is 0 Å². The van der Waals surface area contributed by atoms with Crippen LogP contribution >= 0.6 is 0 Å². The zero-order valence-electron chi connectivity index (χ0n) is 13.0. The van der Waals surface area contributed by atoms with Gasteiger partial charge in [-0.2, -0.15) is 0 Å². The fourth-order valence-electron chi connectivity index (χ4n) is 2.40. The van der Waals surface area contributed by atoms with Crippen molar-refractivity contribution in [3.8, 4) is 11.8 Å². The molecule has 2 heterocycles. The minimum absolute atomic E-state index is 0.145. The number of aromatic carboxylic acids is 1. The Morgan fingerprint density at radius 1 is 1.52 bits per heavy atom. The maximum absolute atomic E-state index is 11.4. The molecule has 1 aromatic heterocycles. The van der Waals surface area contributed by atoms with Gasteiger partial charge in [-0.15, -0.1) is 0 Å². The Hall–Kier alpha value is -2.36. The maximum atomic E-state index is 11.4. The molecule has 0 unspecified atom stereocenters. The van der Waals surface area contributed by atoms with E-state index < -0.39 is 11.6 Å². The normalized spacial score (nSPS) is 17.4. The molecule has 23 heavy (non-hydrogen) atoms. The molecule has 1 aliphatic rings. The largest absolute Gasteiger partial charge is 0.478 e. The number of ether oxygens (including phenoxy) is 1. The van der Waals surface area contributed by atoms with Crippen molar-refractivity contribution in [1.29, 1.82) is 0 Å². The van der Waals surface area contributed by atoms with Gasteiger partial charge in [0.1, 0.15) is 11.1 Å². The number of hydrogen-bond donors (Lipinski definition) is 2. The van der Waals surface area contributed by atoms with Gasteiger partial charge in [-0.05, 0) is 32.4 Å². The zero-order chi connectivity index (χ0) is 16.6. The molecule has 2 N–H and O–H groups in total. The van der Waals surface area contributed by atoms with Crippen LogP contribution in [0, 0.1) is 11.8 Å². The smallest absolute Gasteiger partial charge is 0.335 e. The van der Waals surface area contributed by atoms with Crippen LogP contribution < -0.4 is 0 Å². The second-order valence-corrected chi connectivity index (χ2v) is 6.18. The summed E-state index contributed by atoms with van der Waals surface area (Å²) in [6.07, 6.45) is 2.81. The van der Waals surface area contributed by atoms with Crippen LogP contribution in [-0.4, -0.2) is 44.0 Å². The van der Waals surface area contributed by atoms with Crippen molar-refractivity contribution in [3.63, 3.8) is 0 Å². The van der Waals surface area contributed by atoms with Crippen molar-refractivity contribution in [2.45, 2.75) is 38.5 Å². The van der Waals surface area contributed by atoms with Gasteiger partial charge in [-0.25, -0.2) is 9.78 Å². The third-order valence-electron chi connectivity index (χ3n) is 3.67. The van der Waals surface area contributed by atoms with Crippen molar-refractivity contribution < 1.29 is 19.7 Å². The Morgan fingerprint density at radius 3 is 2.83 bits per heavy atom. The standard InChI is InChI=1S/C17H18N2O4/c1-17(2,22)5-3-11-7-12(16(20)21)8-14-15(11)18-10-19(14)9-13-4-6-23-13/h7-8,10,13,22H,4,6,9H2,1-2H3,(H,20,21)/t13-/m0/s1. The van der Waals surface area contributed by atoms with Crippen molar-refractivity contribution in [3.05, 3.63) is 29.6 Å². The molecule has 0 bridgehead atoms. The summed E-state index contributed by atoms with van der Waals surface area (Å²) >= 11 is 0. The van der Waals surface area contributed by atoms with E-state index in [2.05, 4.69) is 16.8 Å². The first kappa shape index (κ1) is 15.5. The second-order valence-electron chi connectivity index (χ2n) is 6.18. The molecule has 0 spiro atoms. The lowest BCUT2D eigenvalue weighted by atomic mass is 10.1. The first-order valence-electron chi connectivity index (χ1n) is 7.43. The highest BCUT2D eigenvalue weighted by Crippen LogP contribution is 2.22. The summed E-state index contributed by atoms with van der Waals surface area (Å²) in [6.45, 7) is 4.55. The number of carboxylic acids is 1. The molecule has 6 heteroatoms. The first-order chi connectivity index (χ1) is 10.8. The average molecular weight is 314 g/mol. The van der Waals surface area contributed by atoms with Crippen molar-refractivity contribution in [2.75, 3.05) is 6.61 Å². The van der Waals surface area contributed by atoms with Crippen molar-refractivity contribution in [1.82, 2.24) is 9.55 Å². The van der Waals surface area contributed by atoms with E-state index in [0.29, 0.717) is 23.1 Å². The lowest BCUT2D eigenvalue weighted by Crippen LogP contribution is -2.30. The third kappa shape index (κ3) is 3.36. The fraction of sp³-hybridized carbons (Fsp3) is 0.412. The SMILES string of the molecule is CC(C)(O)C#Cc1cc(C(=O)O)cc2c1ncn2C[C@@H]1CCO1. The molecule has 0 saturated carbocycles. The minimum atomic E-state index is -1.16. The van der Waals surface area contributed by atoms with Gasteiger partial charge in [0.05, 0.1) is 35.6 Å². The number of benzene rings is 1. The van der Waals surface area contributed by atoms with E-state index in [0.717, 1.165) is 13.0 Å². The summed E-state index contributed by atoms with van der Waals surface area (Å²) in [6, 6.07) is 3.08. The van der Waals surface area contributed by atoms with Crippen LogP contribution in [0.25, 0.3) is 11.0 Å². The summed E-state index contributed by atoms with van der Waals surface area (Å²) in [5, 5.41) is 19.1. The summed E-state index contributed by atoms with van der Waals surface area (Å²) in [7, 11) is 0. The highest BCUT2D eigenvalue weighted by atomic mass is 16.5. The lowest BCUT2D eigenvalue weighted by Gasteiger charge is -2.26. The van der Waals surface area contributed by atoms with Gasteiger partial charge in [0.15, 0.2) is 0 Å². The number of hydrogen-bond acceptors (Lipinski definition) is 4. The van der Waals surface area contributed by atoms with Crippen molar-refractivity contribution >= 4 is 17.0 Å². The summed E-state index contributed by atoms with van der Waals surface area (Å²) in [5.41, 5.74) is 0.823. The number of carbonyl (C=O) groups is 1. The first-order valence-corrected chi connectivity index (χ1v) is 7.43. The number of fused-ring (bicyclic) bond motifs is 1. The molecule has 1 atom stereocenters. The highest BCUT2D eigenvalue weighted by molar-refractivity contribution is 5.95. The molecule has 0 aliphatic carbocycles. The van der Waals surface area contributed by atoms with Gasteiger partial charge in [0, 0.05) is 6.61 Å². The van der Waals surface area contributed by atoms with E-state index in [1.54, 1.807) is 26.2 Å². The molecule has 1 fully saturated rings. The second kappa shape index (κ2) is 5.69. The number of imidazole rings is 1. The van der Waals surface area contributed by atoms with E-state index in [-0.39, 0.29) is 11.7 Å². The van der Waals surface area contributed by atoms with Crippen LogP contribution in [0.3, 0.4) is 0 Å². The molecule has 3 rings (SSSR count). The average Bonchev–Trinajstić information content (AvgIpc) is 2.82. The number of rotatable bonds is 3. The van der Waals surface area contributed by atoms with E-state index in [1.807, 2.05) is 4.57 Å². The van der Waals surface area contributed by atoms with Gasteiger partial charge in [-0.3, -0.25) is 0 Å². The third-order valence-corrected chi connectivity index (χ3v) is 3.67. The Labute approximate surface area is 133 Å². The van der Waals surface area contributed by atoms with Crippen LogP contribution in [0.15, 0.2) is 18.5 Å². The van der Waals surface area contributed by atoms with Gasteiger partial charge < -0.3 is 19.5 Å². The molecule has 0 radical (unpaired) electrons. The molecule has 2 aromatic rings. The maximum Gasteiger partial charge on any atom is 0.335 e. The summed E-state index contributed by atoms with van der Waals surface area (Å²) < 4.78 is 7.32. The summed E-state index contributed by atoms with van der Waals surface area (Å²) in [4.78, 5) is 15.7. The molecular formula is C17H18N2O4. The number of aromatic nitrogens is 2. The Bertz CT molecular complexity index is 817. The quantitative estimate of drug-likeness (QED) is 0.842. The number of carboxylic acid groups (broad SMARTS) is 1.